The van der Waals surface area contributed by atoms with Crippen molar-refractivity contribution in [3.8, 4) is 0 Å². The van der Waals surface area contributed by atoms with Crippen LogP contribution in [0.4, 0.5) is 17.6 Å². The number of piperidine rings is 1. The first-order valence-electron chi connectivity index (χ1n) is 7.26. The fourth-order valence-electron chi connectivity index (χ4n) is 3.31. The molecule has 1 aliphatic heterocycles. The van der Waals surface area contributed by atoms with E-state index in [-0.39, 0.29) is 11.6 Å². The van der Waals surface area contributed by atoms with E-state index in [0.717, 1.165) is 31.9 Å². The lowest BCUT2D eigenvalue weighted by Crippen LogP contribution is -2.47. The molecule has 0 radical (unpaired) electrons. The summed E-state index contributed by atoms with van der Waals surface area (Å²) in [6.07, 6.45) is -0.958. The Morgan fingerprint density at radius 1 is 1.14 bits per heavy atom. The van der Waals surface area contributed by atoms with Crippen LogP contribution in [0.15, 0.2) is 18.2 Å². The number of hydrogen-bond donors (Lipinski definition) is 1. The van der Waals surface area contributed by atoms with Crippen LogP contribution in [0, 0.1) is 5.82 Å². The quantitative estimate of drug-likeness (QED) is 0.848. The van der Waals surface area contributed by atoms with Crippen LogP contribution >= 0.6 is 0 Å². The normalized spacial score (nSPS) is 27.9. The maximum Gasteiger partial charge on any atom is 0.416 e. The molecule has 0 amide bonds. The summed E-state index contributed by atoms with van der Waals surface area (Å²) in [5.74, 6) is -0.867. The lowest BCUT2D eigenvalue weighted by molar-refractivity contribution is -0.139. The van der Waals surface area contributed by atoms with Crippen molar-refractivity contribution in [1.29, 1.82) is 0 Å². The van der Waals surface area contributed by atoms with Crippen molar-refractivity contribution < 1.29 is 17.6 Å². The maximum absolute atomic E-state index is 13.3. The standard InChI is InChI=1S/C15H18F4N2/c16-9-3-6-11(12(8-9)15(17,18)19)14-13(20)2-1-7-21(14)10-4-5-10/h3,6,8,10,13-14H,1-2,4-5,7,20H2. The van der Waals surface area contributed by atoms with Crippen molar-refractivity contribution in [2.24, 2.45) is 5.73 Å². The van der Waals surface area contributed by atoms with Gasteiger partial charge < -0.3 is 5.73 Å². The highest BCUT2D eigenvalue weighted by Gasteiger charge is 2.43. The predicted octanol–water partition coefficient (Wildman–Crippen LogP) is 3.47. The van der Waals surface area contributed by atoms with Crippen molar-refractivity contribution in [3.63, 3.8) is 0 Å². The van der Waals surface area contributed by atoms with Gasteiger partial charge in [-0.05, 0) is 49.9 Å². The molecule has 1 aromatic rings. The van der Waals surface area contributed by atoms with Gasteiger partial charge >= 0.3 is 6.18 Å². The molecule has 0 aromatic heterocycles. The van der Waals surface area contributed by atoms with Crippen LogP contribution < -0.4 is 5.73 Å². The molecule has 3 rings (SSSR count). The van der Waals surface area contributed by atoms with Gasteiger partial charge in [-0.25, -0.2) is 4.39 Å². The fraction of sp³-hybridized carbons (Fsp3) is 0.600. The zero-order chi connectivity index (χ0) is 15.2. The molecule has 2 aliphatic rings. The van der Waals surface area contributed by atoms with Crippen molar-refractivity contribution >= 4 is 0 Å². The number of hydrogen-bond acceptors (Lipinski definition) is 2. The number of likely N-dealkylation sites (tertiary alicyclic amines) is 1. The summed E-state index contributed by atoms with van der Waals surface area (Å²) in [6.45, 7) is 0.762. The molecule has 2 N–H and O–H groups in total. The molecule has 1 saturated carbocycles. The highest BCUT2D eigenvalue weighted by Crippen LogP contribution is 2.43. The average Bonchev–Trinajstić information content (AvgIpc) is 3.22. The summed E-state index contributed by atoms with van der Waals surface area (Å²) in [5, 5.41) is 0. The molecular weight excluding hydrogens is 284 g/mol. The van der Waals surface area contributed by atoms with E-state index < -0.39 is 23.6 Å². The largest absolute Gasteiger partial charge is 0.416 e. The van der Waals surface area contributed by atoms with Gasteiger partial charge in [-0.15, -0.1) is 0 Å². The Morgan fingerprint density at radius 2 is 1.86 bits per heavy atom. The Morgan fingerprint density at radius 3 is 2.48 bits per heavy atom. The summed E-state index contributed by atoms with van der Waals surface area (Å²) >= 11 is 0. The second kappa shape index (κ2) is 5.25. The molecule has 1 saturated heterocycles. The fourth-order valence-corrected chi connectivity index (χ4v) is 3.31. The highest BCUT2D eigenvalue weighted by molar-refractivity contribution is 5.35. The van der Waals surface area contributed by atoms with Crippen LogP contribution in [0.25, 0.3) is 0 Å². The second-order valence-electron chi connectivity index (χ2n) is 5.95. The minimum atomic E-state index is -4.57. The van der Waals surface area contributed by atoms with E-state index in [1.165, 1.54) is 6.07 Å². The van der Waals surface area contributed by atoms with Crippen molar-refractivity contribution in [2.45, 2.75) is 50.0 Å². The smallest absolute Gasteiger partial charge is 0.326 e. The van der Waals surface area contributed by atoms with Gasteiger partial charge in [0.05, 0.1) is 11.6 Å². The van der Waals surface area contributed by atoms with Gasteiger partial charge in [0.2, 0.25) is 0 Å². The van der Waals surface area contributed by atoms with Crippen molar-refractivity contribution in [2.75, 3.05) is 6.54 Å². The molecule has 116 valence electrons. The monoisotopic (exact) mass is 302 g/mol. The van der Waals surface area contributed by atoms with Gasteiger partial charge in [0, 0.05) is 12.1 Å². The molecule has 1 heterocycles. The molecule has 2 fully saturated rings. The number of rotatable bonds is 2. The van der Waals surface area contributed by atoms with Gasteiger partial charge in [-0.1, -0.05) is 6.07 Å². The van der Waals surface area contributed by atoms with E-state index in [1.54, 1.807) is 0 Å². The van der Waals surface area contributed by atoms with Crippen molar-refractivity contribution in [3.05, 3.63) is 35.1 Å². The Labute approximate surface area is 120 Å². The topological polar surface area (TPSA) is 29.3 Å². The summed E-state index contributed by atoms with van der Waals surface area (Å²) < 4.78 is 52.9. The van der Waals surface area contributed by atoms with Gasteiger partial charge in [-0.3, -0.25) is 4.90 Å². The number of nitrogens with zero attached hydrogens (tertiary/aromatic N) is 1. The van der Waals surface area contributed by atoms with Crippen LogP contribution in [0.2, 0.25) is 0 Å². The third-order valence-electron chi connectivity index (χ3n) is 4.37. The maximum atomic E-state index is 13.3. The van der Waals surface area contributed by atoms with Gasteiger partial charge in [0.25, 0.3) is 0 Å². The number of alkyl halides is 3. The Bertz CT molecular complexity index is 525. The van der Waals surface area contributed by atoms with Gasteiger partial charge in [0.15, 0.2) is 0 Å². The van der Waals surface area contributed by atoms with Crippen LogP contribution in [-0.2, 0) is 6.18 Å². The molecule has 1 aromatic carbocycles. The third-order valence-corrected chi connectivity index (χ3v) is 4.37. The van der Waals surface area contributed by atoms with Gasteiger partial charge in [-0.2, -0.15) is 13.2 Å². The third kappa shape index (κ3) is 2.92. The molecule has 1 aliphatic carbocycles. The first-order chi connectivity index (χ1) is 9.88. The van der Waals surface area contributed by atoms with Crippen LogP contribution in [0.3, 0.4) is 0 Å². The zero-order valence-corrected chi connectivity index (χ0v) is 11.5. The highest BCUT2D eigenvalue weighted by atomic mass is 19.4. The van der Waals surface area contributed by atoms with E-state index in [0.29, 0.717) is 18.5 Å². The second-order valence-corrected chi connectivity index (χ2v) is 5.95. The van der Waals surface area contributed by atoms with E-state index >= 15 is 0 Å². The van der Waals surface area contributed by atoms with Crippen LogP contribution in [-0.4, -0.2) is 23.5 Å². The molecule has 0 bridgehead atoms. The summed E-state index contributed by atoms with van der Waals surface area (Å²) in [5.41, 5.74) is 5.34. The van der Waals surface area contributed by atoms with E-state index in [1.807, 2.05) is 0 Å². The van der Waals surface area contributed by atoms with Gasteiger partial charge in [0.1, 0.15) is 5.82 Å². The van der Waals surface area contributed by atoms with E-state index in [4.69, 9.17) is 5.73 Å². The van der Waals surface area contributed by atoms with E-state index in [2.05, 4.69) is 4.90 Å². The van der Waals surface area contributed by atoms with Crippen LogP contribution in [0.5, 0.6) is 0 Å². The zero-order valence-electron chi connectivity index (χ0n) is 11.5. The molecular formula is C15H18F4N2. The number of halogens is 4. The Balaban J connectivity index is 2.04. The molecule has 6 heteroatoms. The summed E-state index contributed by atoms with van der Waals surface area (Å²) in [7, 11) is 0. The van der Waals surface area contributed by atoms with E-state index in [9.17, 15) is 17.6 Å². The lowest BCUT2D eigenvalue weighted by Gasteiger charge is -2.41. The molecule has 2 unspecified atom stereocenters. The molecule has 2 atom stereocenters. The Kier molecular flexibility index (Phi) is 3.69. The summed E-state index contributed by atoms with van der Waals surface area (Å²) in [4.78, 5) is 2.08. The predicted molar refractivity (Wildman–Crippen MR) is 71.1 cm³/mol. The Hall–Kier alpha value is -1.14. The van der Waals surface area contributed by atoms with Crippen molar-refractivity contribution in [1.82, 2.24) is 4.90 Å². The van der Waals surface area contributed by atoms with Crippen LogP contribution in [0.1, 0.15) is 42.9 Å². The first kappa shape index (κ1) is 14.8. The first-order valence-corrected chi connectivity index (χ1v) is 7.26. The lowest BCUT2D eigenvalue weighted by atomic mass is 9.87. The SMILES string of the molecule is NC1CCCN(C2CC2)C1c1ccc(F)cc1C(F)(F)F. The summed E-state index contributed by atoms with van der Waals surface area (Å²) in [6, 6.07) is 2.45. The molecule has 21 heavy (non-hydrogen) atoms. The minimum absolute atomic E-state index is 0.114. The molecule has 0 spiro atoms. The molecule has 2 nitrogen and oxygen atoms in total. The number of benzene rings is 1. The minimum Gasteiger partial charge on any atom is -0.326 e. The average molecular weight is 302 g/mol. The number of nitrogens with two attached hydrogens (primary N) is 1.